The number of nitrogens with zero attached hydrogens (tertiary/aromatic N) is 5. The molecule has 3 aromatic heterocycles. The van der Waals surface area contributed by atoms with Crippen molar-refractivity contribution in [2.75, 3.05) is 7.11 Å². The summed E-state index contributed by atoms with van der Waals surface area (Å²) in [7, 11) is 1.30. The molecule has 0 fully saturated rings. The van der Waals surface area contributed by atoms with Crippen LogP contribution in [-0.4, -0.2) is 37.8 Å². The number of methoxy groups -OCH3 is 1. The zero-order valence-corrected chi connectivity index (χ0v) is 22.5. The molecule has 12 heteroatoms. The Kier molecular flexibility index (Phi) is 7.98. The van der Waals surface area contributed by atoms with E-state index in [1.165, 1.54) is 7.11 Å². The molecule has 4 rings (SSSR count). The minimum Gasteiger partial charge on any atom is -0.486 e. The van der Waals surface area contributed by atoms with Gasteiger partial charge in [-0.1, -0.05) is 23.2 Å². The molecule has 0 saturated carbocycles. The van der Waals surface area contributed by atoms with Crippen LogP contribution in [0.3, 0.4) is 0 Å². The minimum absolute atomic E-state index is 0.144. The van der Waals surface area contributed by atoms with E-state index in [1.807, 2.05) is 35.7 Å². The zero-order chi connectivity index (χ0) is 24.2. The molecule has 0 aliphatic heterocycles. The Morgan fingerprint density at radius 3 is 2.56 bits per heavy atom. The van der Waals surface area contributed by atoms with Crippen LogP contribution >= 0.6 is 51.6 Å². The van der Waals surface area contributed by atoms with Gasteiger partial charge in [0.05, 0.1) is 40.4 Å². The van der Waals surface area contributed by atoms with Gasteiger partial charge in [-0.15, -0.1) is 5.10 Å². The van der Waals surface area contributed by atoms with Gasteiger partial charge in [0.1, 0.15) is 11.9 Å². The van der Waals surface area contributed by atoms with Gasteiger partial charge in [0.2, 0.25) is 0 Å². The van der Waals surface area contributed by atoms with Crippen LogP contribution in [0.5, 0.6) is 5.75 Å². The van der Waals surface area contributed by atoms with E-state index < -0.39 is 5.97 Å². The monoisotopic (exact) mass is 627 g/mol. The van der Waals surface area contributed by atoms with Crippen LogP contribution in [0.2, 0.25) is 10.0 Å². The van der Waals surface area contributed by atoms with Crippen LogP contribution in [0.25, 0.3) is 23.1 Å². The Morgan fingerprint density at radius 1 is 1.15 bits per heavy atom. The number of aromatic nitrogens is 5. The van der Waals surface area contributed by atoms with Gasteiger partial charge in [-0.05, 0) is 71.4 Å². The Labute approximate surface area is 220 Å². The van der Waals surface area contributed by atoms with Gasteiger partial charge in [0.25, 0.3) is 0 Å². The van der Waals surface area contributed by atoms with Crippen molar-refractivity contribution in [3.05, 3.63) is 75.4 Å². The average Bonchev–Trinajstić information content (AvgIpc) is 3.19. The molecule has 2 unspecified atom stereocenters. The number of halogens is 3. The van der Waals surface area contributed by atoms with Crippen LogP contribution in [-0.2, 0) is 4.74 Å². The van der Waals surface area contributed by atoms with Crippen molar-refractivity contribution in [2.45, 2.75) is 13.0 Å². The summed E-state index contributed by atoms with van der Waals surface area (Å²) in [4.78, 5) is 15.5. The molecular weight excluding hydrogens is 611 g/mol. The Bertz CT molecular complexity index is 1360. The van der Waals surface area contributed by atoms with E-state index in [0.717, 1.165) is 16.6 Å². The zero-order valence-electron chi connectivity index (χ0n) is 17.9. The first-order chi connectivity index (χ1) is 16.4. The van der Waals surface area contributed by atoms with Crippen LogP contribution in [0.1, 0.15) is 40.5 Å². The summed E-state index contributed by atoms with van der Waals surface area (Å²) in [6.07, 6.45) is 6.75. The van der Waals surface area contributed by atoms with E-state index in [-0.39, 0.29) is 11.8 Å². The highest BCUT2D eigenvalue weighted by Gasteiger charge is 2.17. The fourth-order valence-corrected chi connectivity index (χ4v) is 5.47. The van der Waals surface area contributed by atoms with Gasteiger partial charge < -0.3 is 9.47 Å². The van der Waals surface area contributed by atoms with Crippen molar-refractivity contribution in [1.82, 2.24) is 24.7 Å². The molecule has 34 heavy (non-hydrogen) atoms. The number of pyridine rings is 1. The largest absolute Gasteiger partial charge is 0.486 e. The van der Waals surface area contributed by atoms with Crippen molar-refractivity contribution < 1.29 is 14.3 Å². The first-order valence-electron chi connectivity index (χ1n) is 9.86. The number of carbonyl (C=O) groups excluding carboxylic acids is 1. The summed E-state index contributed by atoms with van der Waals surface area (Å²) in [5.74, 6) is 0.115. The summed E-state index contributed by atoms with van der Waals surface area (Å²) in [6.45, 7) is 1.88. The Hall–Kier alpha value is -2.33. The lowest BCUT2D eigenvalue weighted by Gasteiger charge is -2.17. The van der Waals surface area contributed by atoms with E-state index in [2.05, 4.69) is 42.0 Å². The van der Waals surface area contributed by atoms with Crippen LogP contribution in [0, 0.1) is 0 Å². The van der Waals surface area contributed by atoms with Crippen LogP contribution < -0.4 is 4.74 Å². The summed E-state index contributed by atoms with van der Waals surface area (Å²) in [6, 6.07) is 9.04. The molecule has 3 heterocycles. The highest BCUT2D eigenvalue weighted by atomic mass is 127. The van der Waals surface area contributed by atoms with Crippen molar-refractivity contribution in [3.8, 4) is 5.75 Å². The normalized spacial score (nSPS) is 12.6. The summed E-state index contributed by atoms with van der Waals surface area (Å²) in [5, 5.41) is 14.4. The first kappa shape index (κ1) is 24.8. The smallest absolute Gasteiger partial charge is 0.358 e. The molecule has 4 aromatic rings. The highest BCUT2D eigenvalue weighted by molar-refractivity contribution is 14.2. The standard InChI is InChI=1S/C22H17Cl2IN5O3P/c1-12(21-16(23)10-26-11-17(21)24)33-14-5-8-20-15(9-14)18(29-30(20)34-25)6-3-13-4-7-19(28-27-13)22(31)32-2/h3-12,34H,1-2H3/b6-3+. The second kappa shape index (κ2) is 10.9. The molecule has 0 radical (unpaired) electrons. The second-order valence-electron chi connectivity index (χ2n) is 7.01. The lowest BCUT2D eigenvalue weighted by molar-refractivity contribution is 0.0592. The van der Waals surface area contributed by atoms with Gasteiger partial charge in [-0.25, -0.2) is 9.25 Å². The van der Waals surface area contributed by atoms with Gasteiger partial charge >= 0.3 is 5.97 Å². The minimum atomic E-state index is -0.535. The van der Waals surface area contributed by atoms with E-state index in [9.17, 15) is 4.79 Å². The summed E-state index contributed by atoms with van der Waals surface area (Å²) < 4.78 is 12.7. The number of esters is 1. The maximum atomic E-state index is 11.5. The fraction of sp³-hybridized carbons (Fsp3) is 0.136. The Balaban J connectivity index is 1.63. The first-order valence-corrected chi connectivity index (χ1v) is 14.7. The number of carbonyl (C=O) groups is 1. The molecule has 0 bridgehead atoms. The van der Waals surface area contributed by atoms with E-state index in [4.69, 9.17) is 33.0 Å². The lowest BCUT2D eigenvalue weighted by Crippen LogP contribution is -2.05. The molecule has 1 aromatic carbocycles. The SMILES string of the molecule is COC(=O)c1ccc(/C=C/c2nn(PI)c3ccc(OC(C)c4c(Cl)cncc4Cl)cc23)nn1. The average molecular weight is 628 g/mol. The molecule has 0 aliphatic rings. The predicted molar refractivity (Wildman–Crippen MR) is 143 cm³/mol. The quantitative estimate of drug-likeness (QED) is 0.133. The summed E-state index contributed by atoms with van der Waals surface area (Å²) in [5.41, 5.74) is 3.12. The molecule has 174 valence electrons. The molecule has 0 saturated heterocycles. The van der Waals surface area contributed by atoms with Crippen molar-refractivity contribution >= 4 is 80.6 Å². The van der Waals surface area contributed by atoms with Crippen LogP contribution in [0.4, 0.5) is 0 Å². The van der Waals surface area contributed by atoms with Gasteiger partial charge in [0.15, 0.2) is 5.69 Å². The fourth-order valence-electron chi connectivity index (χ4n) is 3.26. The third kappa shape index (κ3) is 5.33. The van der Waals surface area contributed by atoms with Gasteiger partial charge in [0, 0.05) is 23.3 Å². The molecule has 0 N–H and O–H groups in total. The number of fused-ring (bicyclic) bond motifs is 1. The number of hydrogen-bond acceptors (Lipinski definition) is 7. The molecule has 2 atom stereocenters. The van der Waals surface area contributed by atoms with Crippen molar-refractivity contribution in [1.29, 1.82) is 0 Å². The lowest BCUT2D eigenvalue weighted by atomic mass is 10.1. The van der Waals surface area contributed by atoms with Gasteiger partial charge in [-0.2, -0.15) is 10.2 Å². The number of rotatable bonds is 7. The van der Waals surface area contributed by atoms with E-state index in [1.54, 1.807) is 30.6 Å². The predicted octanol–water partition coefficient (Wildman–Crippen LogP) is 6.42. The second-order valence-corrected chi connectivity index (χ2v) is 9.86. The number of benzene rings is 1. The molecule has 0 spiro atoms. The van der Waals surface area contributed by atoms with Crippen molar-refractivity contribution in [3.63, 3.8) is 0 Å². The van der Waals surface area contributed by atoms with Gasteiger partial charge in [-0.3, -0.25) is 4.98 Å². The molecule has 8 nitrogen and oxygen atoms in total. The van der Waals surface area contributed by atoms with Crippen molar-refractivity contribution in [2.24, 2.45) is 0 Å². The highest BCUT2D eigenvalue weighted by Crippen LogP contribution is 2.36. The topological polar surface area (TPSA) is 92.0 Å². The maximum Gasteiger partial charge on any atom is 0.358 e. The Morgan fingerprint density at radius 2 is 1.91 bits per heavy atom. The third-order valence-corrected chi connectivity index (χ3v) is 7.34. The molecule has 0 aliphatic carbocycles. The summed E-state index contributed by atoms with van der Waals surface area (Å²) >= 11 is 14.8. The van der Waals surface area contributed by atoms with E-state index >= 15 is 0 Å². The molecular formula is C22H17Cl2IN5O3P. The van der Waals surface area contributed by atoms with Crippen LogP contribution in [0.15, 0.2) is 42.7 Å². The van der Waals surface area contributed by atoms with E-state index in [0.29, 0.717) is 33.4 Å². The number of ether oxygens (including phenoxy) is 2. The maximum absolute atomic E-state index is 11.5. The number of hydrogen-bond donors (Lipinski definition) is 0. The third-order valence-electron chi connectivity index (χ3n) is 4.86. The molecule has 0 amide bonds.